The van der Waals surface area contributed by atoms with Crippen LogP contribution in [0.15, 0.2) is 0 Å². The molecule has 0 aromatic rings. The van der Waals surface area contributed by atoms with E-state index in [0.29, 0.717) is 5.88 Å². The molecule has 3 amide bonds. The van der Waals surface area contributed by atoms with Crippen molar-refractivity contribution in [2.45, 2.75) is 6.42 Å². The molecule has 14 heavy (non-hydrogen) atoms. The number of halogens is 1. The lowest BCUT2D eigenvalue weighted by Crippen LogP contribution is -2.39. The minimum Gasteiger partial charge on any atom is -0.370 e. The molecule has 0 fully saturated rings. The van der Waals surface area contributed by atoms with Crippen molar-refractivity contribution in [3.05, 3.63) is 0 Å². The molecule has 0 aliphatic carbocycles. The monoisotopic (exact) mass is 223 g/mol. The maximum Gasteiger partial charge on any atom is 0.341 e. The number of alkyl halides is 1. The molecule has 0 radical (unpaired) electrons. The molecule has 0 aromatic carbocycles. The van der Waals surface area contributed by atoms with Gasteiger partial charge in [-0.2, -0.15) is 0 Å². The summed E-state index contributed by atoms with van der Waals surface area (Å²) in [5, 5.41) is 0. The molecule has 0 saturated heterocycles. The molecule has 0 spiro atoms. The second-order valence-corrected chi connectivity index (χ2v) is 2.96. The second kappa shape index (κ2) is 7.40. The van der Waals surface area contributed by atoms with Crippen LogP contribution in [0.4, 0.5) is 4.79 Å². The Morgan fingerprint density at radius 1 is 1.57 bits per heavy atom. The standard InChI is InChI=1S/C7H14ClN3O3/c1-11(4-2-6(9)12)7(13)10-14-5-3-8/h2-5H2,1H3,(H2,9,12)(H,10,13). The van der Waals surface area contributed by atoms with E-state index in [1.54, 1.807) is 0 Å². The summed E-state index contributed by atoms with van der Waals surface area (Å²) < 4.78 is 0. The third-order valence-electron chi connectivity index (χ3n) is 1.38. The second-order valence-electron chi connectivity index (χ2n) is 2.58. The smallest absolute Gasteiger partial charge is 0.341 e. The van der Waals surface area contributed by atoms with Gasteiger partial charge in [0.05, 0.1) is 6.61 Å². The Morgan fingerprint density at radius 3 is 2.71 bits per heavy atom. The third kappa shape index (κ3) is 6.50. The van der Waals surface area contributed by atoms with Crippen LogP contribution in [0.2, 0.25) is 0 Å². The predicted octanol–water partition coefficient (Wildman–Crippen LogP) is -0.326. The van der Waals surface area contributed by atoms with E-state index >= 15 is 0 Å². The lowest BCUT2D eigenvalue weighted by atomic mass is 10.4. The topological polar surface area (TPSA) is 84.7 Å². The lowest BCUT2D eigenvalue weighted by molar-refractivity contribution is -0.118. The van der Waals surface area contributed by atoms with Crippen LogP contribution in [0.25, 0.3) is 0 Å². The van der Waals surface area contributed by atoms with Gasteiger partial charge in [0, 0.05) is 25.9 Å². The number of nitrogens with zero attached hydrogens (tertiary/aromatic N) is 1. The van der Waals surface area contributed by atoms with Crippen molar-refractivity contribution >= 4 is 23.5 Å². The Morgan fingerprint density at radius 2 is 2.21 bits per heavy atom. The first-order valence-corrected chi connectivity index (χ1v) is 4.58. The molecule has 0 rings (SSSR count). The molecule has 6 nitrogen and oxygen atoms in total. The Balaban J connectivity index is 3.59. The number of nitrogens with one attached hydrogen (secondary N) is 1. The van der Waals surface area contributed by atoms with Crippen molar-refractivity contribution in [1.29, 1.82) is 0 Å². The van der Waals surface area contributed by atoms with Gasteiger partial charge in [0.15, 0.2) is 0 Å². The zero-order valence-electron chi connectivity index (χ0n) is 7.96. The van der Waals surface area contributed by atoms with Gasteiger partial charge < -0.3 is 10.6 Å². The van der Waals surface area contributed by atoms with Crippen molar-refractivity contribution in [1.82, 2.24) is 10.4 Å². The highest BCUT2D eigenvalue weighted by atomic mass is 35.5. The summed E-state index contributed by atoms with van der Waals surface area (Å²) in [7, 11) is 1.53. The fourth-order valence-electron chi connectivity index (χ4n) is 0.609. The van der Waals surface area contributed by atoms with Gasteiger partial charge in [-0.3, -0.25) is 9.63 Å². The summed E-state index contributed by atoms with van der Waals surface area (Å²) in [5.74, 6) is -0.156. The summed E-state index contributed by atoms with van der Waals surface area (Å²) in [4.78, 5) is 27.5. The zero-order chi connectivity index (χ0) is 11.0. The first-order chi connectivity index (χ1) is 6.57. The highest BCUT2D eigenvalue weighted by Gasteiger charge is 2.08. The van der Waals surface area contributed by atoms with Crippen molar-refractivity contribution in [3.63, 3.8) is 0 Å². The fourth-order valence-corrected chi connectivity index (χ4v) is 0.686. The minimum absolute atomic E-state index is 0.124. The highest BCUT2D eigenvalue weighted by molar-refractivity contribution is 6.17. The molecule has 3 N–H and O–H groups in total. The van der Waals surface area contributed by atoms with E-state index in [0.717, 1.165) is 0 Å². The van der Waals surface area contributed by atoms with E-state index in [4.69, 9.17) is 17.3 Å². The highest BCUT2D eigenvalue weighted by Crippen LogP contribution is 1.88. The lowest BCUT2D eigenvalue weighted by Gasteiger charge is -2.16. The minimum atomic E-state index is -0.452. The van der Waals surface area contributed by atoms with E-state index in [1.807, 2.05) is 0 Å². The number of primary amides is 1. The predicted molar refractivity (Wildman–Crippen MR) is 51.6 cm³/mol. The largest absolute Gasteiger partial charge is 0.370 e. The number of carbonyl (C=O) groups excluding carboxylic acids is 2. The summed E-state index contributed by atoms with van der Waals surface area (Å²) in [6.45, 7) is 0.488. The van der Waals surface area contributed by atoms with Crippen LogP contribution in [-0.4, -0.2) is 42.9 Å². The number of hydrogen-bond acceptors (Lipinski definition) is 3. The molecule has 0 saturated carbocycles. The molecular formula is C7H14ClN3O3. The maximum absolute atomic E-state index is 11.1. The number of hydrogen-bond donors (Lipinski definition) is 2. The van der Waals surface area contributed by atoms with Crippen molar-refractivity contribution in [2.75, 3.05) is 26.1 Å². The van der Waals surface area contributed by atoms with Gasteiger partial charge >= 0.3 is 6.03 Å². The van der Waals surface area contributed by atoms with Gasteiger partial charge in [0.2, 0.25) is 5.91 Å². The van der Waals surface area contributed by atoms with Gasteiger partial charge in [-0.15, -0.1) is 11.6 Å². The molecule has 0 unspecified atom stereocenters. The van der Waals surface area contributed by atoms with Crippen LogP contribution in [0.3, 0.4) is 0 Å². The number of urea groups is 1. The van der Waals surface area contributed by atoms with Crippen LogP contribution >= 0.6 is 11.6 Å². The maximum atomic E-state index is 11.1. The summed E-state index contributed by atoms with van der Waals surface area (Å²) >= 11 is 5.32. The van der Waals surface area contributed by atoms with Crippen LogP contribution in [0.5, 0.6) is 0 Å². The zero-order valence-corrected chi connectivity index (χ0v) is 8.71. The number of nitrogens with two attached hydrogens (primary N) is 1. The SMILES string of the molecule is CN(CCC(N)=O)C(=O)NOCCCl. The van der Waals surface area contributed by atoms with Crippen LogP contribution in [-0.2, 0) is 9.63 Å². The van der Waals surface area contributed by atoms with Crippen LogP contribution in [0, 0.1) is 0 Å². The van der Waals surface area contributed by atoms with E-state index in [1.165, 1.54) is 11.9 Å². The van der Waals surface area contributed by atoms with Crippen LogP contribution < -0.4 is 11.2 Å². The summed E-state index contributed by atoms with van der Waals surface area (Å²) in [5.41, 5.74) is 7.07. The Hall–Kier alpha value is -1.01. The average Bonchev–Trinajstić information content (AvgIpc) is 2.14. The van der Waals surface area contributed by atoms with E-state index < -0.39 is 11.9 Å². The summed E-state index contributed by atoms with van der Waals surface area (Å²) in [6, 6.07) is -0.434. The summed E-state index contributed by atoms with van der Waals surface area (Å²) in [6.07, 6.45) is 0.124. The van der Waals surface area contributed by atoms with Gasteiger partial charge in [-0.1, -0.05) is 0 Å². The quantitative estimate of drug-likeness (QED) is 0.368. The number of carbonyl (C=O) groups is 2. The molecular weight excluding hydrogens is 210 g/mol. The van der Waals surface area contributed by atoms with Crippen LogP contribution in [0.1, 0.15) is 6.42 Å². The van der Waals surface area contributed by atoms with Crippen molar-refractivity contribution in [3.8, 4) is 0 Å². The first-order valence-electron chi connectivity index (χ1n) is 4.05. The molecule has 0 atom stereocenters. The molecule has 0 bridgehead atoms. The van der Waals surface area contributed by atoms with Crippen molar-refractivity contribution in [2.24, 2.45) is 5.73 Å². The third-order valence-corrected chi connectivity index (χ3v) is 1.53. The van der Waals surface area contributed by atoms with Gasteiger partial charge in [0.1, 0.15) is 0 Å². The molecule has 82 valence electrons. The van der Waals surface area contributed by atoms with Crippen molar-refractivity contribution < 1.29 is 14.4 Å². The molecule has 7 heteroatoms. The van der Waals surface area contributed by atoms with Gasteiger partial charge in [0.25, 0.3) is 0 Å². The molecule has 0 heterocycles. The van der Waals surface area contributed by atoms with E-state index in [9.17, 15) is 9.59 Å². The van der Waals surface area contributed by atoms with Gasteiger partial charge in [-0.25, -0.2) is 10.3 Å². The Labute approximate surface area is 87.3 Å². The Kier molecular flexibility index (Phi) is 6.87. The first kappa shape index (κ1) is 13.0. The number of rotatable bonds is 6. The van der Waals surface area contributed by atoms with Gasteiger partial charge in [-0.05, 0) is 0 Å². The Bertz CT molecular complexity index is 201. The normalized spacial score (nSPS) is 9.57. The van der Waals surface area contributed by atoms with E-state index in [2.05, 4.69) is 10.3 Å². The van der Waals surface area contributed by atoms with E-state index in [-0.39, 0.29) is 19.6 Å². The number of amides is 3. The fraction of sp³-hybridized carbons (Fsp3) is 0.714. The molecule has 0 aliphatic rings. The molecule has 0 aromatic heterocycles. The number of hydroxylamine groups is 1. The molecule has 0 aliphatic heterocycles. The average molecular weight is 224 g/mol.